The van der Waals surface area contributed by atoms with Gasteiger partial charge in [0.25, 0.3) is 23.6 Å². The number of hydrogen-bond donors (Lipinski definition) is 5. The molecule has 0 atom stereocenters. The molecular weight excluding hydrogens is 544 g/mol. The summed E-state index contributed by atoms with van der Waals surface area (Å²) in [4.78, 5) is 61.6. The maximum atomic E-state index is 13.0. The van der Waals surface area contributed by atoms with Crippen molar-refractivity contribution >= 4 is 46.7 Å². The number of aliphatic carboxylic acids is 1. The maximum Gasteiger partial charge on any atom is 0.303 e. The Morgan fingerprint density at radius 1 is 0.643 bits per heavy atom. The Balaban J connectivity index is 1.37. The average molecular weight is 577 g/mol. The third-order valence-electron chi connectivity index (χ3n) is 6.52. The van der Waals surface area contributed by atoms with Gasteiger partial charge in [0, 0.05) is 65.9 Å². The van der Waals surface area contributed by atoms with Crippen LogP contribution in [0.4, 0.5) is 17.1 Å². The van der Waals surface area contributed by atoms with E-state index < -0.39 is 23.7 Å². The van der Waals surface area contributed by atoms with Crippen LogP contribution in [-0.2, 0) is 33.0 Å². The summed E-state index contributed by atoms with van der Waals surface area (Å²) in [5.41, 5.74) is 2.56. The molecular formula is C28H32N8O6. The number of hydrogen-bond acceptors (Lipinski definition) is 5. The molecule has 0 bridgehead atoms. The molecule has 5 N–H and O–H groups in total. The molecule has 0 aliphatic carbocycles. The number of anilines is 3. The molecule has 4 aromatic heterocycles. The van der Waals surface area contributed by atoms with Gasteiger partial charge in [-0.25, -0.2) is 0 Å². The summed E-state index contributed by atoms with van der Waals surface area (Å²) in [5.74, 6) is -2.52. The van der Waals surface area contributed by atoms with Crippen molar-refractivity contribution in [1.82, 2.24) is 23.6 Å². The second-order valence-corrected chi connectivity index (χ2v) is 9.79. The predicted molar refractivity (Wildman–Crippen MR) is 155 cm³/mol. The molecule has 0 fully saturated rings. The van der Waals surface area contributed by atoms with E-state index in [0.29, 0.717) is 40.6 Å². The topological polar surface area (TPSA) is 173 Å². The van der Waals surface area contributed by atoms with Gasteiger partial charge in [0.1, 0.15) is 22.8 Å². The Morgan fingerprint density at radius 3 is 1.48 bits per heavy atom. The van der Waals surface area contributed by atoms with Gasteiger partial charge in [0.05, 0.1) is 17.1 Å². The molecule has 4 rings (SSSR count). The smallest absolute Gasteiger partial charge is 0.303 e. The van der Waals surface area contributed by atoms with Crippen LogP contribution in [0.3, 0.4) is 0 Å². The van der Waals surface area contributed by atoms with Crippen molar-refractivity contribution in [3.05, 3.63) is 77.9 Å². The van der Waals surface area contributed by atoms with Crippen LogP contribution in [0.2, 0.25) is 0 Å². The Morgan fingerprint density at radius 2 is 1.07 bits per heavy atom. The molecule has 0 aliphatic rings. The van der Waals surface area contributed by atoms with Crippen LogP contribution in [0.5, 0.6) is 0 Å². The van der Waals surface area contributed by atoms with Crippen LogP contribution in [0.25, 0.3) is 0 Å². The fourth-order valence-corrected chi connectivity index (χ4v) is 4.39. The number of carboxylic acids is 1. The zero-order valence-corrected chi connectivity index (χ0v) is 23.6. The fraction of sp³-hybridized carbons (Fsp3) is 0.250. The SMILES string of the molecule is Cn1cc(NC(=O)c2cc(NC(=O)c3cc(NC(=O)c4cccn4C)cn3C)cn2C)cc1C(=O)NCCCC(=O)O. The monoisotopic (exact) mass is 576 g/mol. The Labute approximate surface area is 240 Å². The minimum Gasteiger partial charge on any atom is -0.481 e. The lowest BCUT2D eigenvalue weighted by Crippen LogP contribution is -2.26. The largest absolute Gasteiger partial charge is 0.481 e. The molecule has 14 nitrogen and oxygen atoms in total. The van der Waals surface area contributed by atoms with Gasteiger partial charge in [-0.3, -0.25) is 24.0 Å². The van der Waals surface area contributed by atoms with Gasteiger partial charge < -0.3 is 44.6 Å². The molecule has 0 unspecified atom stereocenters. The summed E-state index contributed by atoms with van der Waals surface area (Å²) in [7, 11) is 6.76. The zero-order chi connectivity index (χ0) is 30.6. The quantitative estimate of drug-likeness (QED) is 0.171. The van der Waals surface area contributed by atoms with Crippen LogP contribution in [0.15, 0.2) is 55.1 Å². The molecule has 4 heterocycles. The Hall–Kier alpha value is -5.53. The van der Waals surface area contributed by atoms with Crippen molar-refractivity contribution in [3.8, 4) is 0 Å². The van der Waals surface area contributed by atoms with Gasteiger partial charge in [-0.05, 0) is 36.8 Å². The van der Waals surface area contributed by atoms with Crippen molar-refractivity contribution in [2.45, 2.75) is 12.8 Å². The number of carboxylic acid groups (broad SMARTS) is 1. The van der Waals surface area contributed by atoms with Crippen molar-refractivity contribution in [1.29, 1.82) is 0 Å². The molecule has 0 saturated heterocycles. The standard InChI is InChI=1S/C28H32N8O6/c1-33-10-6-7-20(33)26(40)30-18-12-22(35(3)15-18)28(42)32-19-13-23(36(4)16-19)27(41)31-17-11-21(34(2)14-17)25(39)29-9-5-8-24(37)38/h6-7,10-16H,5,8-9H2,1-4H3,(H,29,39)(H,30,40)(H,31,41)(H,32,42)(H,37,38). The number of amides is 4. The number of nitrogens with one attached hydrogen (secondary N) is 4. The molecule has 220 valence electrons. The summed E-state index contributed by atoms with van der Waals surface area (Å²) < 4.78 is 6.38. The molecule has 0 spiro atoms. The number of carbonyl (C=O) groups is 5. The third kappa shape index (κ3) is 6.78. The third-order valence-corrected chi connectivity index (χ3v) is 6.52. The molecule has 14 heteroatoms. The molecule has 0 aromatic carbocycles. The highest BCUT2D eigenvalue weighted by molar-refractivity contribution is 6.08. The molecule has 42 heavy (non-hydrogen) atoms. The Kier molecular flexibility index (Phi) is 8.64. The molecule has 4 amide bonds. The van der Waals surface area contributed by atoms with Crippen LogP contribution in [-0.4, -0.2) is 59.5 Å². The van der Waals surface area contributed by atoms with Gasteiger partial charge in [-0.2, -0.15) is 0 Å². The van der Waals surface area contributed by atoms with Gasteiger partial charge >= 0.3 is 5.97 Å². The first-order valence-electron chi connectivity index (χ1n) is 13.0. The van der Waals surface area contributed by atoms with E-state index in [1.54, 1.807) is 89.4 Å². The first-order chi connectivity index (χ1) is 19.9. The van der Waals surface area contributed by atoms with Crippen molar-refractivity contribution in [3.63, 3.8) is 0 Å². The summed E-state index contributed by atoms with van der Waals surface area (Å²) in [5, 5.41) is 19.7. The summed E-state index contributed by atoms with van der Waals surface area (Å²) in [6.45, 7) is 0.210. The maximum absolute atomic E-state index is 13.0. The number of carbonyl (C=O) groups excluding carboxylic acids is 4. The number of aromatic nitrogens is 4. The van der Waals surface area contributed by atoms with Crippen LogP contribution < -0.4 is 21.3 Å². The second-order valence-electron chi connectivity index (χ2n) is 9.79. The fourth-order valence-electron chi connectivity index (χ4n) is 4.39. The first-order valence-corrected chi connectivity index (χ1v) is 13.0. The van der Waals surface area contributed by atoms with Gasteiger partial charge in [-0.1, -0.05) is 0 Å². The lowest BCUT2D eigenvalue weighted by molar-refractivity contribution is -0.137. The van der Waals surface area contributed by atoms with Gasteiger partial charge in [-0.15, -0.1) is 0 Å². The minimum absolute atomic E-state index is 0.0487. The van der Waals surface area contributed by atoms with Gasteiger partial charge in [0.2, 0.25) is 0 Å². The van der Waals surface area contributed by atoms with Crippen LogP contribution in [0.1, 0.15) is 54.8 Å². The number of rotatable bonds is 11. The molecule has 4 aromatic rings. The number of aryl methyl sites for hydroxylation is 4. The summed E-state index contributed by atoms with van der Waals surface area (Å²) in [6.07, 6.45) is 6.82. The van der Waals surface area contributed by atoms with E-state index in [0.717, 1.165) is 0 Å². The van der Waals surface area contributed by atoms with Crippen LogP contribution in [0, 0.1) is 0 Å². The molecule has 0 saturated carbocycles. The average Bonchev–Trinajstić information content (AvgIpc) is 3.68. The highest BCUT2D eigenvalue weighted by Gasteiger charge is 2.19. The summed E-state index contributed by atoms with van der Waals surface area (Å²) in [6, 6.07) is 8.04. The normalized spacial score (nSPS) is 10.8. The van der Waals surface area contributed by atoms with E-state index >= 15 is 0 Å². The van der Waals surface area contributed by atoms with Crippen molar-refractivity contribution in [2.24, 2.45) is 28.2 Å². The van der Waals surface area contributed by atoms with E-state index in [2.05, 4.69) is 21.3 Å². The van der Waals surface area contributed by atoms with E-state index in [1.165, 1.54) is 12.1 Å². The zero-order valence-electron chi connectivity index (χ0n) is 23.6. The van der Waals surface area contributed by atoms with Crippen LogP contribution >= 0.6 is 0 Å². The van der Waals surface area contributed by atoms with Gasteiger partial charge in [0.15, 0.2) is 0 Å². The molecule has 0 radical (unpaired) electrons. The molecule has 0 aliphatic heterocycles. The predicted octanol–water partition coefficient (Wildman–Crippen LogP) is 2.39. The highest BCUT2D eigenvalue weighted by Crippen LogP contribution is 2.20. The van der Waals surface area contributed by atoms with E-state index in [1.807, 2.05) is 0 Å². The minimum atomic E-state index is -0.935. The van der Waals surface area contributed by atoms with Crippen molar-refractivity contribution < 1.29 is 29.1 Å². The highest BCUT2D eigenvalue weighted by atomic mass is 16.4. The van der Waals surface area contributed by atoms with E-state index in [-0.39, 0.29) is 24.6 Å². The first kappa shape index (κ1) is 29.5. The number of nitrogens with zero attached hydrogens (tertiary/aromatic N) is 4. The lowest BCUT2D eigenvalue weighted by Gasteiger charge is -2.04. The summed E-state index contributed by atoms with van der Waals surface area (Å²) >= 11 is 0. The second kappa shape index (κ2) is 12.3. The van der Waals surface area contributed by atoms with E-state index in [9.17, 15) is 24.0 Å². The van der Waals surface area contributed by atoms with E-state index in [4.69, 9.17) is 5.11 Å². The van der Waals surface area contributed by atoms with Crippen molar-refractivity contribution in [2.75, 3.05) is 22.5 Å². The lowest BCUT2D eigenvalue weighted by atomic mass is 10.3. The Bertz CT molecular complexity index is 1670.